The van der Waals surface area contributed by atoms with Gasteiger partial charge in [0.15, 0.2) is 0 Å². The molecule has 0 amide bonds. The van der Waals surface area contributed by atoms with Crippen molar-refractivity contribution < 1.29 is 78.7 Å². The molecule has 0 radical (unpaired) electrons. The predicted molar refractivity (Wildman–Crippen MR) is 132 cm³/mol. The molecule has 2 fully saturated rings. The highest BCUT2D eigenvalue weighted by molar-refractivity contribution is 5.73. The lowest BCUT2D eigenvalue weighted by Gasteiger charge is -2.37. The molecule has 252 valence electrons. The van der Waals surface area contributed by atoms with Crippen LogP contribution in [0.3, 0.4) is 0 Å². The second-order valence-electron chi connectivity index (χ2n) is 8.99. The van der Waals surface area contributed by atoms with Crippen LogP contribution in [0, 0.1) is 5.92 Å². The van der Waals surface area contributed by atoms with Gasteiger partial charge in [0.25, 0.3) is 0 Å². The third kappa shape index (κ3) is 15.4. The van der Waals surface area contributed by atoms with Gasteiger partial charge >= 0.3 is 36.4 Å². The van der Waals surface area contributed by atoms with Crippen molar-refractivity contribution in [3.8, 4) is 5.88 Å². The van der Waals surface area contributed by atoms with E-state index in [-0.39, 0.29) is 0 Å². The van der Waals surface area contributed by atoms with Crippen LogP contribution in [-0.2, 0) is 25.7 Å². The second kappa shape index (κ2) is 17.3. The van der Waals surface area contributed by atoms with Crippen LogP contribution < -0.4 is 4.74 Å². The predicted octanol–water partition coefficient (Wildman–Crippen LogP) is 4.43. The molecule has 3 heterocycles. The van der Waals surface area contributed by atoms with Crippen molar-refractivity contribution in [2.45, 2.75) is 50.1 Å². The van der Waals surface area contributed by atoms with Gasteiger partial charge in [0, 0.05) is 37.6 Å². The third-order valence-corrected chi connectivity index (χ3v) is 5.67. The van der Waals surface area contributed by atoms with E-state index >= 15 is 0 Å². The topological polar surface area (TPSA) is 159 Å². The van der Waals surface area contributed by atoms with Gasteiger partial charge in [-0.2, -0.15) is 39.5 Å². The van der Waals surface area contributed by atoms with Gasteiger partial charge in [-0.05, 0) is 37.0 Å². The summed E-state index contributed by atoms with van der Waals surface area (Å²) in [7, 11) is 0. The standard InChI is InChI=1S/C19H23N3O2.3C2HF3O2/c1-3-7-20-16(5-1)13-22-9-10-23-18-12-15(11-17(18)22)14-24-19-6-2-4-8-21-19;3*3-2(4,5)1(6)7/h1-8,15,17-18H,9-14H2;3*(H,6,7). The number of carboxylic acids is 3. The summed E-state index contributed by atoms with van der Waals surface area (Å²) in [6.45, 7) is 3.40. The fourth-order valence-corrected chi connectivity index (χ4v) is 3.79. The van der Waals surface area contributed by atoms with Crippen molar-refractivity contribution in [3.05, 3.63) is 54.5 Å². The van der Waals surface area contributed by atoms with Crippen molar-refractivity contribution in [2.75, 3.05) is 19.8 Å². The van der Waals surface area contributed by atoms with E-state index < -0.39 is 36.4 Å². The number of rotatable bonds is 5. The van der Waals surface area contributed by atoms with E-state index in [1.165, 1.54) is 0 Å². The zero-order valence-corrected chi connectivity index (χ0v) is 22.7. The molecule has 2 aliphatic rings. The average molecular weight is 667 g/mol. The van der Waals surface area contributed by atoms with Crippen molar-refractivity contribution in [2.24, 2.45) is 5.92 Å². The van der Waals surface area contributed by atoms with Crippen LogP contribution in [0.25, 0.3) is 0 Å². The van der Waals surface area contributed by atoms with E-state index in [1.54, 1.807) is 6.20 Å². The molecule has 45 heavy (non-hydrogen) atoms. The molecule has 11 nitrogen and oxygen atoms in total. The lowest BCUT2D eigenvalue weighted by Crippen LogP contribution is -2.47. The fourth-order valence-electron chi connectivity index (χ4n) is 3.79. The smallest absolute Gasteiger partial charge is 0.477 e. The number of carbonyl (C=O) groups is 3. The van der Waals surface area contributed by atoms with Gasteiger partial charge in [0.05, 0.1) is 25.0 Å². The number of fused-ring (bicyclic) bond motifs is 1. The SMILES string of the molecule is O=C(O)C(F)(F)F.O=C(O)C(F)(F)F.O=C(O)C(F)(F)F.c1ccc(CN2CCOC3CC(COc4ccccn4)CC32)nc1. The van der Waals surface area contributed by atoms with Gasteiger partial charge in [-0.3, -0.25) is 9.88 Å². The van der Waals surface area contributed by atoms with Gasteiger partial charge in [0.2, 0.25) is 5.88 Å². The first kappa shape index (κ1) is 38.8. The Morgan fingerprint density at radius 3 is 1.71 bits per heavy atom. The number of aliphatic carboxylic acids is 3. The van der Waals surface area contributed by atoms with Gasteiger partial charge in [-0.15, -0.1) is 0 Å². The summed E-state index contributed by atoms with van der Waals surface area (Å²) in [6.07, 6.45) is -9.12. The van der Waals surface area contributed by atoms with Crippen LogP contribution in [0.1, 0.15) is 18.5 Å². The number of morpholine rings is 1. The van der Waals surface area contributed by atoms with E-state index in [4.69, 9.17) is 39.2 Å². The molecule has 1 saturated carbocycles. The van der Waals surface area contributed by atoms with E-state index in [2.05, 4.69) is 27.0 Å². The molecule has 0 spiro atoms. The van der Waals surface area contributed by atoms with Gasteiger partial charge in [-0.25, -0.2) is 19.4 Å². The molecule has 2 aromatic heterocycles. The van der Waals surface area contributed by atoms with Crippen molar-refractivity contribution in [1.29, 1.82) is 0 Å². The highest BCUT2D eigenvalue weighted by Crippen LogP contribution is 2.35. The van der Waals surface area contributed by atoms with Crippen molar-refractivity contribution in [3.63, 3.8) is 0 Å². The Bertz CT molecular complexity index is 1140. The maximum absolute atomic E-state index is 10.6. The fraction of sp³-hybridized carbons (Fsp3) is 0.480. The Morgan fingerprint density at radius 2 is 1.29 bits per heavy atom. The van der Waals surface area contributed by atoms with Crippen LogP contribution in [-0.4, -0.2) is 98.5 Å². The van der Waals surface area contributed by atoms with Crippen LogP contribution in [0.2, 0.25) is 0 Å². The maximum Gasteiger partial charge on any atom is 0.490 e. The summed E-state index contributed by atoms with van der Waals surface area (Å²) < 4.78 is 107. The molecule has 0 aromatic carbocycles. The number of nitrogens with zero attached hydrogens (tertiary/aromatic N) is 3. The third-order valence-electron chi connectivity index (χ3n) is 5.67. The second-order valence-corrected chi connectivity index (χ2v) is 8.99. The largest absolute Gasteiger partial charge is 0.490 e. The van der Waals surface area contributed by atoms with Crippen molar-refractivity contribution >= 4 is 17.9 Å². The number of halogens is 9. The minimum atomic E-state index is -5.08. The van der Waals surface area contributed by atoms with Crippen LogP contribution in [0.5, 0.6) is 5.88 Å². The quantitative estimate of drug-likeness (QED) is 0.387. The molecule has 3 atom stereocenters. The summed E-state index contributed by atoms with van der Waals surface area (Å²) in [4.78, 5) is 37.9. The molecule has 1 aliphatic carbocycles. The Labute approximate surface area is 248 Å². The minimum Gasteiger partial charge on any atom is -0.477 e. The minimum absolute atomic E-state index is 0.319. The highest BCUT2D eigenvalue weighted by atomic mass is 19.4. The molecule has 1 aliphatic heterocycles. The first-order chi connectivity index (χ1) is 20.7. The Balaban J connectivity index is 0.000000396. The van der Waals surface area contributed by atoms with Crippen LogP contribution in [0.4, 0.5) is 39.5 Å². The molecule has 3 N–H and O–H groups in total. The average Bonchev–Trinajstić information content (AvgIpc) is 3.37. The summed E-state index contributed by atoms with van der Waals surface area (Å²) in [5, 5.41) is 21.4. The van der Waals surface area contributed by atoms with Crippen LogP contribution >= 0.6 is 0 Å². The molecule has 0 bridgehead atoms. The van der Waals surface area contributed by atoms with Gasteiger partial charge < -0.3 is 24.8 Å². The first-order valence-electron chi connectivity index (χ1n) is 12.4. The molecule has 3 unspecified atom stereocenters. The van der Waals surface area contributed by atoms with Crippen LogP contribution in [0.15, 0.2) is 48.8 Å². The number of carboxylic acid groups (broad SMARTS) is 3. The highest BCUT2D eigenvalue weighted by Gasteiger charge is 2.42. The zero-order chi connectivity index (χ0) is 34.4. The normalized spacial score (nSPS) is 19.6. The molecule has 4 rings (SSSR count). The van der Waals surface area contributed by atoms with Crippen molar-refractivity contribution in [1.82, 2.24) is 14.9 Å². The number of hydrogen-bond donors (Lipinski definition) is 3. The van der Waals surface area contributed by atoms with Gasteiger partial charge in [0.1, 0.15) is 0 Å². The summed E-state index contributed by atoms with van der Waals surface area (Å²) in [5.74, 6) is -7.04. The van der Waals surface area contributed by atoms with E-state index in [0.717, 1.165) is 38.2 Å². The van der Waals surface area contributed by atoms with E-state index in [9.17, 15) is 39.5 Å². The number of pyridine rings is 2. The number of ether oxygens (including phenoxy) is 2. The summed E-state index contributed by atoms with van der Waals surface area (Å²) >= 11 is 0. The maximum atomic E-state index is 10.6. The molecule has 20 heteroatoms. The molecule has 1 saturated heterocycles. The number of alkyl halides is 9. The van der Waals surface area contributed by atoms with Gasteiger partial charge in [-0.1, -0.05) is 12.1 Å². The summed E-state index contributed by atoms with van der Waals surface area (Å²) in [5.41, 5.74) is 1.13. The molecule has 2 aromatic rings. The first-order valence-corrected chi connectivity index (χ1v) is 12.4. The number of hydrogen-bond acceptors (Lipinski definition) is 8. The lowest BCUT2D eigenvalue weighted by atomic mass is 10.1. The molecular formula is C25H26F9N3O8. The van der Waals surface area contributed by atoms with E-state index in [0.29, 0.717) is 30.6 Å². The lowest BCUT2D eigenvalue weighted by molar-refractivity contribution is -0.193. The zero-order valence-electron chi connectivity index (χ0n) is 22.7. The monoisotopic (exact) mass is 667 g/mol. The Morgan fingerprint density at radius 1 is 0.800 bits per heavy atom. The Kier molecular flexibility index (Phi) is 15.0. The summed E-state index contributed by atoms with van der Waals surface area (Å²) in [6, 6.07) is 12.4. The molecular weight excluding hydrogens is 641 g/mol. The van der Waals surface area contributed by atoms with E-state index in [1.807, 2.05) is 30.5 Å². The number of aromatic nitrogens is 2. The Hall–Kier alpha value is -4.20.